The molecule has 1 rings (SSSR count). The number of pyridine rings is 1. The first kappa shape index (κ1) is 18.0. The quantitative estimate of drug-likeness (QED) is 0.861. The van der Waals surface area contributed by atoms with E-state index in [1.54, 1.807) is 0 Å². The van der Waals surface area contributed by atoms with Gasteiger partial charge in [-0.05, 0) is 43.4 Å². The maximum Gasteiger partial charge on any atom is 0.133 e. The van der Waals surface area contributed by atoms with Crippen molar-refractivity contribution in [1.29, 1.82) is 0 Å². The largest absolute Gasteiger partial charge is 0.359 e. The van der Waals surface area contributed by atoms with Crippen molar-refractivity contribution >= 4 is 5.82 Å². The van der Waals surface area contributed by atoms with Gasteiger partial charge in [0, 0.05) is 31.4 Å². The number of nitrogens with zero attached hydrogens (tertiary/aromatic N) is 2. The lowest BCUT2D eigenvalue weighted by atomic mass is 9.96. The van der Waals surface area contributed by atoms with E-state index >= 15 is 0 Å². The van der Waals surface area contributed by atoms with Crippen molar-refractivity contribution in [2.45, 2.75) is 55.0 Å². The van der Waals surface area contributed by atoms with Crippen LogP contribution >= 0.6 is 0 Å². The van der Waals surface area contributed by atoms with Gasteiger partial charge in [-0.2, -0.15) is 0 Å². The molecule has 0 atom stereocenters. The van der Waals surface area contributed by atoms with Crippen LogP contribution in [0.15, 0.2) is 6.07 Å². The van der Waals surface area contributed by atoms with E-state index in [1.165, 1.54) is 11.1 Å². The van der Waals surface area contributed by atoms with Gasteiger partial charge in [-0.15, -0.1) is 0 Å². The molecule has 0 radical (unpaired) electrons. The van der Waals surface area contributed by atoms with Crippen LogP contribution in [0.1, 0.15) is 51.4 Å². The number of hydrogen-bond donors (Lipinski definition) is 1. The van der Waals surface area contributed by atoms with Crippen molar-refractivity contribution in [3.63, 3.8) is 0 Å². The molecule has 1 aromatic heterocycles. The van der Waals surface area contributed by atoms with E-state index < -0.39 is 0 Å². The molecular formula is C18H33N3. The lowest BCUT2D eigenvalue weighted by molar-refractivity contribution is 0.417. The van der Waals surface area contributed by atoms with Gasteiger partial charge < -0.3 is 10.2 Å². The molecule has 3 nitrogen and oxygen atoms in total. The van der Waals surface area contributed by atoms with Gasteiger partial charge in [0.05, 0.1) is 0 Å². The van der Waals surface area contributed by atoms with Crippen LogP contribution in [0.5, 0.6) is 0 Å². The lowest BCUT2D eigenvalue weighted by Crippen LogP contribution is -2.31. The molecule has 0 aromatic carbocycles. The minimum absolute atomic E-state index is 0.261. The molecule has 120 valence electrons. The summed E-state index contributed by atoms with van der Waals surface area (Å²) in [6, 6.07) is 2.18. The Morgan fingerprint density at radius 3 is 2.38 bits per heavy atom. The van der Waals surface area contributed by atoms with E-state index in [-0.39, 0.29) is 5.41 Å². The van der Waals surface area contributed by atoms with E-state index in [0.717, 1.165) is 31.1 Å². The van der Waals surface area contributed by atoms with Crippen LogP contribution in [-0.4, -0.2) is 25.1 Å². The number of hydrogen-bond acceptors (Lipinski definition) is 3. The normalized spacial score (nSPS) is 12.0. The fourth-order valence-electron chi connectivity index (χ4n) is 2.65. The number of aromatic nitrogens is 1. The number of nitrogens with one attached hydrogen (secondary N) is 1. The molecule has 0 spiro atoms. The van der Waals surface area contributed by atoms with Gasteiger partial charge in [-0.3, -0.25) is 0 Å². The van der Waals surface area contributed by atoms with Crippen LogP contribution < -0.4 is 10.2 Å². The zero-order chi connectivity index (χ0) is 16.2. The highest BCUT2D eigenvalue weighted by molar-refractivity contribution is 5.51. The predicted molar refractivity (Wildman–Crippen MR) is 93.0 cm³/mol. The average molecular weight is 291 g/mol. The van der Waals surface area contributed by atoms with E-state index in [0.29, 0.717) is 5.92 Å². The first-order chi connectivity index (χ1) is 9.60. The van der Waals surface area contributed by atoms with Crippen molar-refractivity contribution in [3.8, 4) is 0 Å². The average Bonchev–Trinajstić information content (AvgIpc) is 2.28. The fourth-order valence-corrected chi connectivity index (χ4v) is 2.65. The summed E-state index contributed by atoms with van der Waals surface area (Å²) < 4.78 is 0. The van der Waals surface area contributed by atoms with Crippen molar-refractivity contribution in [1.82, 2.24) is 10.3 Å². The van der Waals surface area contributed by atoms with Crippen LogP contribution in [0.25, 0.3) is 0 Å². The highest BCUT2D eigenvalue weighted by Crippen LogP contribution is 2.25. The second kappa shape index (κ2) is 7.26. The smallest absolute Gasteiger partial charge is 0.133 e. The minimum Gasteiger partial charge on any atom is -0.359 e. The fraction of sp³-hybridized carbons (Fsp3) is 0.722. The zero-order valence-electron chi connectivity index (χ0n) is 15.2. The Morgan fingerprint density at radius 1 is 1.24 bits per heavy atom. The third-order valence-corrected chi connectivity index (χ3v) is 3.38. The van der Waals surface area contributed by atoms with Gasteiger partial charge in [-0.1, -0.05) is 34.6 Å². The monoisotopic (exact) mass is 291 g/mol. The molecule has 21 heavy (non-hydrogen) atoms. The number of anilines is 1. The molecule has 0 aliphatic heterocycles. The summed E-state index contributed by atoms with van der Waals surface area (Å²) in [4.78, 5) is 7.10. The zero-order valence-corrected chi connectivity index (χ0v) is 15.2. The summed E-state index contributed by atoms with van der Waals surface area (Å²) in [6.07, 6.45) is 0. The van der Waals surface area contributed by atoms with Gasteiger partial charge in [0.2, 0.25) is 0 Å². The van der Waals surface area contributed by atoms with E-state index in [2.05, 4.69) is 71.8 Å². The second-order valence-electron chi connectivity index (χ2n) is 7.82. The summed E-state index contributed by atoms with van der Waals surface area (Å²) in [6.45, 7) is 18.5. The van der Waals surface area contributed by atoms with Crippen molar-refractivity contribution in [3.05, 3.63) is 22.9 Å². The first-order valence-corrected chi connectivity index (χ1v) is 7.99. The van der Waals surface area contributed by atoms with Gasteiger partial charge in [0.1, 0.15) is 5.82 Å². The molecule has 0 fully saturated rings. The van der Waals surface area contributed by atoms with Crippen molar-refractivity contribution in [2.24, 2.45) is 11.3 Å². The minimum atomic E-state index is 0.261. The Kier molecular flexibility index (Phi) is 6.21. The van der Waals surface area contributed by atoms with Gasteiger partial charge >= 0.3 is 0 Å². The predicted octanol–water partition coefficient (Wildman–Crippen LogP) is 3.93. The summed E-state index contributed by atoms with van der Waals surface area (Å²) in [7, 11) is 2.15. The van der Waals surface area contributed by atoms with E-state index in [4.69, 9.17) is 4.98 Å². The number of rotatable bonds is 6. The van der Waals surface area contributed by atoms with Crippen LogP contribution in [0.4, 0.5) is 5.82 Å². The molecule has 1 heterocycles. The van der Waals surface area contributed by atoms with Gasteiger partial charge in [0.15, 0.2) is 0 Å². The van der Waals surface area contributed by atoms with E-state index in [9.17, 15) is 0 Å². The van der Waals surface area contributed by atoms with Crippen molar-refractivity contribution in [2.75, 3.05) is 25.0 Å². The Labute approximate surface area is 131 Å². The first-order valence-electron chi connectivity index (χ1n) is 7.99. The Hall–Kier alpha value is -1.09. The highest BCUT2D eigenvalue weighted by Gasteiger charge is 2.18. The molecule has 3 heteroatoms. The van der Waals surface area contributed by atoms with Crippen LogP contribution in [-0.2, 0) is 6.54 Å². The van der Waals surface area contributed by atoms with E-state index in [1.807, 2.05) is 0 Å². The molecule has 1 N–H and O–H groups in total. The maximum atomic E-state index is 4.80. The maximum absolute atomic E-state index is 4.80. The molecule has 0 saturated heterocycles. The Morgan fingerprint density at radius 2 is 1.86 bits per heavy atom. The SMILES string of the molecule is Cc1cc(C)c(CNCC(C)C)c(N(C)CC(C)(C)C)n1. The topological polar surface area (TPSA) is 28.2 Å². The second-order valence-corrected chi connectivity index (χ2v) is 7.82. The van der Waals surface area contributed by atoms with Crippen LogP contribution in [0.3, 0.4) is 0 Å². The van der Waals surface area contributed by atoms with Crippen molar-refractivity contribution < 1.29 is 0 Å². The standard InChI is InChI=1S/C18H33N3/c1-13(2)10-19-11-16-14(3)9-15(4)20-17(16)21(8)12-18(5,6)7/h9,13,19H,10-12H2,1-8H3. The molecule has 0 aliphatic carbocycles. The third-order valence-electron chi connectivity index (χ3n) is 3.38. The lowest BCUT2D eigenvalue weighted by Gasteiger charge is -2.30. The van der Waals surface area contributed by atoms with Gasteiger partial charge in [0.25, 0.3) is 0 Å². The number of aryl methyl sites for hydroxylation is 2. The van der Waals surface area contributed by atoms with Gasteiger partial charge in [-0.25, -0.2) is 4.98 Å². The Bertz CT molecular complexity index is 458. The summed E-state index contributed by atoms with van der Waals surface area (Å²) in [5, 5.41) is 3.55. The third kappa shape index (κ3) is 6.04. The molecule has 0 unspecified atom stereocenters. The summed E-state index contributed by atoms with van der Waals surface area (Å²) >= 11 is 0. The van der Waals surface area contributed by atoms with Crippen LogP contribution in [0.2, 0.25) is 0 Å². The summed E-state index contributed by atoms with van der Waals surface area (Å²) in [5.74, 6) is 1.79. The highest BCUT2D eigenvalue weighted by atomic mass is 15.2. The molecule has 0 saturated carbocycles. The molecule has 0 aliphatic rings. The van der Waals surface area contributed by atoms with Crippen LogP contribution in [0, 0.1) is 25.2 Å². The molecular weight excluding hydrogens is 258 g/mol. The Balaban J connectivity index is 2.99. The molecule has 0 bridgehead atoms. The molecule has 1 aromatic rings. The molecule has 0 amide bonds. The summed E-state index contributed by atoms with van der Waals surface area (Å²) in [5.41, 5.74) is 4.01.